The molecule has 4 nitrogen and oxygen atoms in total. The van der Waals surface area contributed by atoms with Gasteiger partial charge in [-0.1, -0.05) is 0 Å². The van der Waals surface area contributed by atoms with Crippen LogP contribution in [0.3, 0.4) is 0 Å². The zero-order chi connectivity index (χ0) is 13.5. The molecule has 18 heavy (non-hydrogen) atoms. The van der Waals surface area contributed by atoms with Crippen molar-refractivity contribution in [1.29, 1.82) is 0 Å². The first-order valence-electron chi connectivity index (χ1n) is 5.62. The summed E-state index contributed by atoms with van der Waals surface area (Å²) in [5.74, 6) is -0.293. The maximum absolute atomic E-state index is 12.6. The minimum atomic E-state index is -0.293. The van der Waals surface area contributed by atoms with E-state index in [1.54, 1.807) is 12.1 Å². The quantitative estimate of drug-likeness (QED) is 0.728. The molecule has 1 atom stereocenters. The number of benzene rings is 1. The molecule has 0 fully saturated rings. The molecule has 3 N–H and O–H groups in total. The molecule has 0 bridgehead atoms. The van der Waals surface area contributed by atoms with Crippen LogP contribution in [0.1, 0.15) is 17.4 Å². The summed E-state index contributed by atoms with van der Waals surface area (Å²) < 4.78 is 12.6. The third kappa shape index (κ3) is 3.94. The molecule has 1 aromatic heterocycles. The summed E-state index contributed by atoms with van der Waals surface area (Å²) in [6.45, 7) is 2.14. The topological polar surface area (TPSA) is 65.1 Å². The number of halogens is 1. The van der Waals surface area contributed by atoms with Crippen LogP contribution >= 0.6 is 0 Å². The molecular formula is C13H17FN2O2. The Hall–Kier alpha value is -1.72. The van der Waals surface area contributed by atoms with Crippen LogP contribution in [0.5, 0.6) is 0 Å². The minimum Gasteiger partial charge on any atom is -0.395 e. The number of aliphatic hydroxyl groups is 1. The second-order valence-corrected chi connectivity index (χ2v) is 3.95. The minimum absolute atomic E-state index is 0.219. The van der Waals surface area contributed by atoms with Gasteiger partial charge in [0.05, 0.1) is 12.3 Å². The highest BCUT2D eigenvalue weighted by atomic mass is 19.1. The molecule has 0 aliphatic heterocycles. The van der Waals surface area contributed by atoms with Crippen molar-refractivity contribution < 1.29 is 14.3 Å². The molecule has 0 radical (unpaired) electrons. The largest absolute Gasteiger partial charge is 0.395 e. The number of fused-ring (bicyclic) bond motifs is 1. The Morgan fingerprint density at radius 2 is 2.22 bits per heavy atom. The molecule has 98 valence electrons. The van der Waals surface area contributed by atoms with Crippen LogP contribution in [0.2, 0.25) is 0 Å². The SMILES string of the molecule is CNC(C)CO.O=Cc1cc2cc(F)ccc2[nH]1. The normalized spacial score (nSPS) is 11.8. The summed E-state index contributed by atoms with van der Waals surface area (Å²) in [5, 5.41) is 11.9. The summed E-state index contributed by atoms with van der Waals surface area (Å²) in [6, 6.07) is 6.21. The van der Waals surface area contributed by atoms with E-state index >= 15 is 0 Å². The second kappa shape index (κ2) is 6.88. The highest BCUT2D eigenvalue weighted by molar-refractivity contribution is 5.87. The van der Waals surface area contributed by atoms with Crippen molar-refractivity contribution in [2.75, 3.05) is 13.7 Å². The maximum atomic E-state index is 12.6. The molecular weight excluding hydrogens is 235 g/mol. The van der Waals surface area contributed by atoms with Crippen molar-refractivity contribution in [2.45, 2.75) is 13.0 Å². The summed E-state index contributed by atoms with van der Waals surface area (Å²) in [6.07, 6.45) is 0.706. The summed E-state index contributed by atoms with van der Waals surface area (Å²) >= 11 is 0. The molecule has 0 spiro atoms. The number of aliphatic hydroxyl groups excluding tert-OH is 1. The van der Waals surface area contributed by atoms with E-state index in [0.29, 0.717) is 12.0 Å². The third-order valence-corrected chi connectivity index (χ3v) is 2.50. The second-order valence-electron chi connectivity index (χ2n) is 3.95. The van der Waals surface area contributed by atoms with E-state index in [9.17, 15) is 9.18 Å². The van der Waals surface area contributed by atoms with Gasteiger partial charge < -0.3 is 15.4 Å². The van der Waals surface area contributed by atoms with Gasteiger partial charge in [-0.05, 0) is 38.2 Å². The molecule has 2 rings (SSSR count). The van der Waals surface area contributed by atoms with Gasteiger partial charge >= 0.3 is 0 Å². The number of nitrogens with one attached hydrogen (secondary N) is 2. The lowest BCUT2D eigenvalue weighted by Crippen LogP contribution is -2.24. The van der Waals surface area contributed by atoms with E-state index in [-0.39, 0.29) is 18.5 Å². The number of carbonyl (C=O) groups is 1. The number of aldehydes is 1. The van der Waals surface area contributed by atoms with Crippen molar-refractivity contribution in [3.8, 4) is 0 Å². The van der Waals surface area contributed by atoms with E-state index < -0.39 is 0 Å². The summed E-state index contributed by atoms with van der Waals surface area (Å²) in [4.78, 5) is 13.2. The van der Waals surface area contributed by atoms with Crippen molar-refractivity contribution in [1.82, 2.24) is 10.3 Å². The van der Waals surface area contributed by atoms with E-state index in [1.807, 2.05) is 14.0 Å². The first kappa shape index (κ1) is 14.3. The number of hydrogen-bond acceptors (Lipinski definition) is 3. The number of aromatic amines is 1. The molecule has 2 aromatic rings. The van der Waals surface area contributed by atoms with Crippen molar-refractivity contribution in [2.24, 2.45) is 0 Å². The van der Waals surface area contributed by atoms with Gasteiger partial charge in [0.2, 0.25) is 0 Å². The van der Waals surface area contributed by atoms with Crippen LogP contribution in [0.4, 0.5) is 4.39 Å². The van der Waals surface area contributed by atoms with Crippen molar-refractivity contribution in [3.05, 3.63) is 35.8 Å². The summed E-state index contributed by atoms with van der Waals surface area (Å²) in [7, 11) is 1.82. The van der Waals surface area contributed by atoms with Crippen LogP contribution in [0.15, 0.2) is 24.3 Å². The van der Waals surface area contributed by atoms with E-state index in [2.05, 4.69) is 10.3 Å². The number of rotatable bonds is 3. The molecule has 0 saturated carbocycles. The Morgan fingerprint density at radius 3 is 2.72 bits per heavy atom. The molecule has 5 heteroatoms. The molecule has 0 aliphatic carbocycles. The molecule has 0 aliphatic rings. The average Bonchev–Trinajstić information content (AvgIpc) is 2.80. The molecule has 0 saturated heterocycles. The Balaban J connectivity index is 0.000000232. The summed E-state index contributed by atoms with van der Waals surface area (Å²) in [5.41, 5.74) is 1.24. The molecule has 1 aromatic carbocycles. The Bertz CT molecular complexity index is 507. The van der Waals surface area contributed by atoms with Crippen LogP contribution in [-0.4, -0.2) is 36.1 Å². The predicted molar refractivity (Wildman–Crippen MR) is 69.3 cm³/mol. The highest BCUT2D eigenvalue weighted by Crippen LogP contribution is 2.15. The Labute approximate surface area is 105 Å². The number of carbonyl (C=O) groups excluding carboxylic acids is 1. The van der Waals surface area contributed by atoms with Gasteiger partial charge in [-0.15, -0.1) is 0 Å². The standard InChI is InChI=1S/C9H6FNO.C4H11NO/c10-7-1-2-9-6(3-7)4-8(5-12)11-9;1-4(3-6)5-2/h1-5,11H;4-6H,3H2,1-2H3. The number of hydrogen-bond donors (Lipinski definition) is 3. The highest BCUT2D eigenvalue weighted by Gasteiger charge is 1.99. The lowest BCUT2D eigenvalue weighted by molar-refractivity contribution is 0.112. The molecule has 0 amide bonds. The van der Waals surface area contributed by atoms with E-state index in [4.69, 9.17) is 5.11 Å². The van der Waals surface area contributed by atoms with Gasteiger partial charge in [-0.25, -0.2) is 4.39 Å². The van der Waals surface area contributed by atoms with Gasteiger partial charge in [0, 0.05) is 16.9 Å². The first-order chi connectivity index (χ1) is 8.60. The fourth-order valence-electron chi connectivity index (χ4n) is 1.28. The van der Waals surface area contributed by atoms with Crippen LogP contribution in [0.25, 0.3) is 10.9 Å². The van der Waals surface area contributed by atoms with Crippen molar-refractivity contribution >= 4 is 17.2 Å². The first-order valence-corrected chi connectivity index (χ1v) is 5.62. The lowest BCUT2D eigenvalue weighted by Gasteiger charge is -2.01. The van der Waals surface area contributed by atoms with E-state index in [0.717, 1.165) is 10.9 Å². The number of likely N-dealkylation sites (N-methyl/N-ethyl adjacent to an activating group) is 1. The third-order valence-electron chi connectivity index (χ3n) is 2.50. The predicted octanol–water partition coefficient (Wildman–Crippen LogP) is 1.71. The van der Waals surface area contributed by atoms with Gasteiger partial charge in [-0.3, -0.25) is 4.79 Å². The molecule has 1 unspecified atom stereocenters. The zero-order valence-corrected chi connectivity index (χ0v) is 10.4. The van der Waals surface area contributed by atoms with Crippen LogP contribution in [-0.2, 0) is 0 Å². The van der Waals surface area contributed by atoms with Gasteiger partial charge in [-0.2, -0.15) is 0 Å². The van der Waals surface area contributed by atoms with Crippen LogP contribution in [0, 0.1) is 5.82 Å². The maximum Gasteiger partial charge on any atom is 0.166 e. The van der Waals surface area contributed by atoms with Gasteiger partial charge in [0.15, 0.2) is 6.29 Å². The van der Waals surface area contributed by atoms with Crippen molar-refractivity contribution in [3.63, 3.8) is 0 Å². The van der Waals surface area contributed by atoms with Gasteiger partial charge in [0.1, 0.15) is 5.82 Å². The van der Waals surface area contributed by atoms with Gasteiger partial charge in [0.25, 0.3) is 0 Å². The fourth-order valence-corrected chi connectivity index (χ4v) is 1.28. The average molecular weight is 252 g/mol. The van der Waals surface area contributed by atoms with Crippen LogP contribution < -0.4 is 5.32 Å². The number of aromatic nitrogens is 1. The monoisotopic (exact) mass is 252 g/mol. The van der Waals surface area contributed by atoms with E-state index in [1.165, 1.54) is 12.1 Å². The number of H-pyrrole nitrogens is 1. The Morgan fingerprint density at radius 1 is 1.50 bits per heavy atom. The molecule has 1 heterocycles. The smallest absolute Gasteiger partial charge is 0.166 e. The zero-order valence-electron chi connectivity index (χ0n) is 10.4. The Kier molecular flexibility index (Phi) is 5.48. The lowest BCUT2D eigenvalue weighted by atomic mass is 10.2. The fraction of sp³-hybridized carbons (Fsp3) is 0.308.